The maximum atomic E-state index is 15.5. The number of rotatable bonds is 10. The van der Waals surface area contributed by atoms with Gasteiger partial charge in [0.1, 0.15) is 11.2 Å². The lowest BCUT2D eigenvalue weighted by Crippen LogP contribution is -2.81. The number of aliphatic hydroxyl groups is 2. The van der Waals surface area contributed by atoms with E-state index in [-0.39, 0.29) is 12.0 Å². The Balaban J connectivity index is 1.36. The first-order valence-corrected chi connectivity index (χ1v) is 23.8. The molecule has 3 fully saturated rings. The first-order valence-electron chi connectivity index (χ1n) is 22.8. The Hall–Kier alpha value is -4.08. The van der Waals surface area contributed by atoms with Gasteiger partial charge in [-0.15, -0.1) is 11.8 Å². The molecule has 0 amide bonds. The van der Waals surface area contributed by atoms with Crippen molar-refractivity contribution >= 4 is 46.3 Å². The van der Waals surface area contributed by atoms with E-state index in [2.05, 4.69) is 58.1 Å². The predicted molar refractivity (Wildman–Crippen MR) is 241 cm³/mol. The van der Waals surface area contributed by atoms with E-state index in [1.165, 1.54) is 21.1 Å². The van der Waals surface area contributed by atoms with Gasteiger partial charge in [-0.1, -0.05) is 32.9 Å². The van der Waals surface area contributed by atoms with Gasteiger partial charge >= 0.3 is 17.9 Å². The minimum atomic E-state index is -2.31. The first kappa shape index (κ1) is 44.1. The molecule has 0 radical (unpaired) electrons. The number of hydrogen-bond acceptors (Lipinski definition) is 13. The molecular formula is C49H64N4O9S. The van der Waals surface area contributed by atoms with Gasteiger partial charge in [0.25, 0.3) is 0 Å². The molecule has 9 rings (SSSR count). The first-order chi connectivity index (χ1) is 30.2. The average Bonchev–Trinajstić information content (AvgIpc) is 3.94. The Morgan fingerprint density at radius 2 is 1.73 bits per heavy atom. The van der Waals surface area contributed by atoms with Gasteiger partial charge in [-0.3, -0.25) is 19.4 Å². The highest BCUT2D eigenvalue weighted by molar-refractivity contribution is 7.99. The molecule has 10 atom stereocenters. The van der Waals surface area contributed by atoms with Crippen molar-refractivity contribution in [3.05, 3.63) is 64.9 Å². The molecule has 3 aromatic rings. The van der Waals surface area contributed by atoms with Crippen LogP contribution < -0.4 is 9.64 Å². The maximum absolute atomic E-state index is 15.5. The summed E-state index contributed by atoms with van der Waals surface area (Å²) in [6, 6.07) is 9.34. The van der Waals surface area contributed by atoms with Crippen LogP contribution in [0.25, 0.3) is 10.9 Å². The summed E-state index contributed by atoms with van der Waals surface area (Å²) in [5.74, 6) is -0.575. The highest BCUT2D eigenvalue weighted by Gasteiger charge is 2.80. The molecule has 63 heavy (non-hydrogen) atoms. The molecule has 2 aromatic carbocycles. The minimum Gasteiger partial charge on any atom is -0.496 e. The zero-order chi connectivity index (χ0) is 44.9. The number of methoxy groups -OCH3 is 3. The monoisotopic (exact) mass is 884 g/mol. The van der Waals surface area contributed by atoms with Crippen LogP contribution in [0.3, 0.4) is 0 Å². The Labute approximate surface area is 374 Å². The highest BCUT2D eigenvalue weighted by Crippen LogP contribution is 2.68. The molecule has 1 spiro atoms. The fourth-order valence-corrected chi connectivity index (χ4v) is 14.6. The largest absolute Gasteiger partial charge is 0.496 e. The molecule has 1 aliphatic carbocycles. The number of carbonyl (C=O) groups excluding carboxylic acids is 3. The summed E-state index contributed by atoms with van der Waals surface area (Å²) in [5, 5.41) is 26.6. The molecule has 6 heterocycles. The fraction of sp³-hybridized carbons (Fsp3) is 0.612. The Morgan fingerprint density at radius 1 is 0.952 bits per heavy atom. The zero-order valence-electron chi connectivity index (χ0n) is 38.0. The number of nitrogens with one attached hydrogen (secondary N) is 1. The van der Waals surface area contributed by atoms with Gasteiger partial charge in [-0.2, -0.15) is 0 Å². The predicted octanol–water partition coefficient (Wildman–Crippen LogP) is 5.49. The van der Waals surface area contributed by atoms with Crippen molar-refractivity contribution in [3.8, 4) is 5.75 Å². The molecule has 2 saturated heterocycles. The van der Waals surface area contributed by atoms with Gasteiger partial charge in [-0.05, 0) is 98.6 Å². The standard InChI is InChI=1S/C49H64N4O9S/c1-9-21-63-31-13-14-36-33(22-31)32-15-19-52-27-30(25-45(57,10-2)28-52)26-48(39(32)50-36,43(55)60-7)35-23-34-37(24-38(35)59-6)51(5)41-47(34)17-20-53-18-12-16-46(11-3,40(47)53)42(62-29(4)54)49(41,58)44(56)61-8/h12-14,16,22-24,30,40-42,50,57-58H,9-11,15,17-21,25-28H2,1-8H3/t30-,40+,41-,42-,45+,46-,47-,48+,49+/m1/s1. The molecular weight excluding hydrogens is 821 g/mol. The summed E-state index contributed by atoms with van der Waals surface area (Å²) in [6.07, 6.45) is 6.98. The number of ether oxygens (including phenoxy) is 4. The third-order valence-electron chi connectivity index (χ3n) is 16.1. The van der Waals surface area contributed by atoms with Crippen LogP contribution in [0.2, 0.25) is 0 Å². The molecule has 1 aromatic heterocycles. The molecule has 13 nitrogen and oxygen atoms in total. The van der Waals surface area contributed by atoms with E-state index < -0.39 is 57.5 Å². The molecule has 6 aliphatic rings. The topological polar surface area (TPSA) is 154 Å². The second-order valence-electron chi connectivity index (χ2n) is 19.2. The van der Waals surface area contributed by atoms with E-state index in [9.17, 15) is 19.8 Å². The Kier molecular flexibility index (Phi) is 11.1. The van der Waals surface area contributed by atoms with E-state index in [1.54, 1.807) is 7.11 Å². The lowest BCUT2D eigenvalue weighted by Gasteiger charge is -2.63. The molecule has 340 valence electrons. The lowest BCUT2D eigenvalue weighted by molar-refractivity contribution is -0.228. The van der Waals surface area contributed by atoms with Crippen LogP contribution in [0, 0.1) is 11.3 Å². The van der Waals surface area contributed by atoms with Crippen molar-refractivity contribution in [1.29, 1.82) is 0 Å². The number of benzene rings is 2. The number of likely N-dealkylation sites (N-methyl/N-ethyl adjacent to an activating group) is 1. The quantitative estimate of drug-likeness (QED) is 0.102. The number of anilines is 1. The summed E-state index contributed by atoms with van der Waals surface area (Å²) in [5.41, 5.74) is -1.62. The third kappa shape index (κ3) is 6.13. The third-order valence-corrected chi connectivity index (χ3v) is 17.3. The summed E-state index contributed by atoms with van der Waals surface area (Å²) >= 11 is 1.82. The number of thioether (sulfide) groups is 1. The number of aromatic amines is 1. The number of carbonyl (C=O) groups is 3. The van der Waals surface area contributed by atoms with Gasteiger partial charge in [0.15, 0.2) is 6.10 Å². The Morgan fingerprint density at radius 3 is 2.41 bits per heavy atom. The van der Waals surface area contributed by atoms with Crippen molar-refractivity contribution in [2.75, 3.05) is 71.8 Å². The lowest BCUT2D eigenvalue weighted by atomic mass is 9.47. The number of esters is 3. The van der Waals surface area contributed by atoms with Crippen LogP contribution in [0.4, 0.5) is 5.69 Å². The summed E-state index contributed by atoms with van der Waals surface area (Å²) < 4.78 is 24.1. The van der Waals surface area contributed by atoms with Crippen LogP contribution in [-0.4, -0.2) is 139 Å². The molecule has 14 heteroatoms. The van der Waals surface area contributed by atoms with Gasteiger partial charge in [0.2, 0.25) is 5.60 Å². The number of nitrogens with zero attached hydrogens (tertiary/aromatic N) is 3. The number of piperidine rings is 1. The number of H-pyrrole nitrogens is 1. The second kappa shape index (κ2) is 15.8. The van der Waals surface area contributed by atoms with E-state index >= 15 is 4.79 Å². The van der Waals surface area contributed by atoms with Gasteiger partial charge in [0.05, 0.1) is 33.0 Å². The van der Waals surface area contributed by atoms with Crippen molar-refractivity contribution in [2.24, 2.45) is 11.3 Å². The van der Waals surface area contributed by atoms with E-state index in [4.69, 9.17) is 18.9 Å². The number of aromatic nitrogens is 1. The van der Waals surface area contributed by atoms with Crippen LogP contribution in [0.1, 0.15) is 88.6 Å². The van der Waals surface area contributed by atoms with Crippen molar-refractivity contribution in [1.82, 2.24) is 14.8 Å². The normalized spacial score (nSPS) is 35.4. The van der Waals surface area contributed by atoms with Crippen molar-refractivity contribution in [2.45, 2.75) is 118 Å². The van der Waals surface area contributed by atoms with Crippen LogP contribution in [0.15, 0.2) is 47.4 Å². The van der Waals surface area contributed by atoms with Crippen molar-refractivity contribution < 1.29 is 43.5 Å². The fourth-order valence-electron chi connectivity index (χ4n) is 13.8. The molecule has 3 N–H and O–H groups in total. The Bertz CT molecular complexity index is 2370. The number of fused-ring (bicyclic) bond motifs is 6. The van der Waals surface area contributed by atoms with E-state index in [0.717, 1.165) is 50.5 Å². The smallest absolute Gasteiger partial charge is 0.344 e. The van der Waals surface area contributed by atoms with Crippen molar-refractivity contribution in [3.63, 3.8) is 0 Å². The molecule has 2 bridgehead atoms. The summed E-state index contributed by atoms with van der Waals surface area (Å²) in [7, 11) is 6.19. The van der Waals surface area contributed by atoms with Gasteiger partial charge in [0, 0.05) is 95.8 Å². The average molecular weight is 885 g/mol. The molecule has 5 aliphatic heterocycles. The van der Waals surface area contributed by atoms with Gasteiger partial charge in [-0.25, -0.2) is 4.79 Å². The summed E-state index contributed by atoms with van der Waals surface area (Å²) in [4.78, 5) is 54.8. The van der Waals surface area contributed by atoms with E-state index in [1.807, 2.05) is 43.6 Å². The second-order valence-corrected chi connectivity index (χ2v) is 20.4. The van der Waals surface area contributed by atoms with Crippen LogP contribution in [0.5, 0.6) is 5.75 Å². The maximum Gasteiger partial charge on any atom is 0.344 e. The van der Waals surface area contributed by atoms with Crippen LogP contribution in [-0.2, 0) is 45.8 Å². The van der Waals surface area contributed by atoms with E-state index in [0.29, 0.717) is 82.6 Å². The number of hydrogen-bond donors (Lipinski definition) is 3. The SMILES string of the molecule is CCCSc1ccc2[nH]c3c(c2c1)CCN1C[C@H](C[C@@](O)(CC)C1)C[C@]3(C(=O)OC)c1cc2c(cc1OC)N(C)[C@H]1[C@@](O)(C(=O)OC)[C@H](OC(C)=O)[C@]3(CC)C=CCN4CC[C@]21[C@@H]43. The van der Waals surface area contributed by atoms with Crippen LogP contribution >= 0.6 is 11.8 Å². The highest BCUT2D eigenvalue weighted by atomic mass is 32.2. The molecule has 1 unspecified atom stereocenters. The molecule has 1 saturated carbocycles. The zero-order valence-corrected chi connectivity index (χ0v) is 38.9. The summed E-state index contributed by atoms with van der Waals surface area (Å²) in [6.45, 7) is 10.8. The van der Waals surface area contributed by atoms with Gasteiger partial charge < -0.3 is 39.0 Å². The minimum absolute atomic E-state index is 0.107.